The average Bonchev–Trinajstić information content (AvgIpc) is 2.80. The van der Waals surface area contributed by atoms with E-state index in [1.807, 2.05) is 12.1 Å². The molecule has 0 spiro atoms. The SMILES string of the molecule is CCC(N)c1ccc(C2CCC(Oc3cc4cc[nH]c(=O)c4cc3Cl)CC2)cc1OC. The topological polar surface area (TPSA) is 77.3 Å². The van der Waals surface area contributed by atoms with Crippen molar-refractivity contribution in [1.82, 2.24) is 4.98 Å². The largest absolute Gasteiger partial charge is 0.496 e. The number of ether oxygens (including phenoxy) is 2. The maximum absolute atomic E-state index is 12.0. The molecule has 164 valence electrons. The van der Waals surface area contributed by atoms with Gasteiger partial charge in [-0.25, -0.2) is 0 Å². The number of nitrogens with two attached hydrogens (primary N) is 1. The number of hydrogen-bond acceptors (Lipinski definition) is 4. The van der Waals surface area contributed by atoms with Gasteiger partial charge in [0.15, 0.2) is 0 Å². The summed E-state index contributed by atoms with van der Waals surface area (Å²) >= 11 is 6.40. The number of rotatable bonds is 6. The zero-order valence-electron chi connectivity index (χ0n) is 18.0. The lowest BCUT2D eigenvalue weighted by molar-refractivity contribution is 0.146. The van der Waals surface area contributed by atoms with Gasteiger partial charge in [-0.3, -0.25) is 4.79 Å². The van der Waals surface area contributed by atoms with E-state index in [1.54, 1.807) is 19.4 Å². The van der Waals surface area contributed by atoms with Gasteiger partial charge in [0, 0.05) is 23.2 Å². The van der Waals surface area contributed by atoms with E-state index in [0.717, 1.165) is 48.8 Å². The van der Waals surface area contributed by atoms with Crippen LogP contribution in [-0.4, -0.2) is 18.2 Å². The molecule has 0 bridgehead atoms. The first-order chi connectivity index (χ1) is 15.0. The van der Waals surface area contributed by atoms with Crippen LogP contribution >= 0.6 is 11.6 Å². The van der Waals surface area contributed by atoms with Crippen LogP contribution < -0.4 is 20.8 Å². The van der Waals surface area contributed by atoms with Crippen LogP contribution in [-0.2, 0) is 0 Å². The Balaban J connectivity index is 1.44. The highest BCUT2D eigenvalue weighted by Gasteiger charge is 2.25. The lowest BCUT2D eigenvalue weighted by Crippen LogP contribution is -2.23. The van der Waals surface area contributed by atoms with E-state index in [9.17, 15) is 4.79 Å². The first kappa shape index (κ1) is 21.7. The molecule has 31 heavy (non-hydrogen) atoms. The normalized spacial score (nSPS) is 19.9. The predicted octanol–water partition coefficient (Wildman–Crippen LogP) is 5.71. The molecule has 1 aliphatic carbocycles. The third-order valence-electron chi connectivity index (χ3n) is 6.36. The number of nitrogens with one attached hydrogen (secondary N) is 1. The molecule has 1 aromatic heterocycles. The van der Waals surface area contributed by atoms with Gasteiger partial charge in [0.1, 0.15) is 11.5 Å². The Morgan fingerprint density at radius 1 is 1.13 bits per heavy atom. The quantitative estimate of drug-likeness (QED) is 0.515. The fourth-order valence-electron chi connectivity index (χ4n) is 4.48. The number of halogens is 1. The second-order valence-corrected chi connectivity index (χ2v) is 8.69. The fraction of sp³-hybridized carbons (Fsp3) is 0.400. The number of fused-ring (bicyclic) bond motifs is 1. The Morgan fingerprint density at radius 3 is 2.61 bits per heavy atom. The van der Waals surface area contributed by atoms with Crippen molar-refractivity contribution in [2.24, 2.45) is 5.73 Å². The monoisotopic (exact) mass is 440 g/mol. The summed E-state index contributed by atoms with van der Waals surface area (Å²) in [5.74, 6) is 2.00. The van der Waals surface area contributed by atoms with E-state index in [1.165, 1.54) is 5.56 Å². The third kappa shape index (κ3) is 4.58. The van der Waals surface area contributed by atoms with Gasteiger partial charge in [0.2, 0.25) is 0 Å². The highest BCUT2D eigenvalue weighted by Crippen LogP contribution is 2.39. The Kier molecular flexibility index (Phi) is 6.54. The van der Waals surface area contributed by atoms with E-state index >= 15 is 0 Å². The number of aromatic nitrogens is 1. The van der Waals surface area contributed by atoms with E-state index in [4.69, 9.17) is 26.8 Å². The summed E-state index contributed by atoms with van der Waals surface area (Å²) in [6.45, 7) is 2.08. The van der Waals surface area contributed by atoms with Gasteiger partial charge in [0.25, 0.3) is 5.56 Å². The van der Waals surface area contributed by atoms with Crippen LogP contribution in [0.5, 0.6) is 11.5 Å². The van der Waals surface area contributed by atoms with E-state index < -0.39 is 0 Å². The number of hydrogen-bond donors (Lipinski definition) is 2. The summed E-state index contributed by atoms with van der Waals surface area (Å²) < 4.78 is 11.9. The summed E-state index contributed by atoms with van der Waals surface area (Å²) in [6.07, 6.45) is 6.61. The van der Waals surface area contributed by atoms with Crippen molar-refractivity contribution in [3.05, 3.63) is 69.1 Å². The van der Waals surface area contributed by atoms with Crippen LogP contribution in [0.15, 0.2) is 47.4 Å². The molecule has 1 unspecified atom stereocenters. The zero-order valence-corrected chi connectivity index (χ0v) is 18.7. The smallest absolute Gasteiger partial charge is 0.255 e. The summed E-state index contributed by atoms with van der Waals surface area (Å²) in [6, 6.07) is 11.9. The van der Waals surface area contributed by atoms with Gasteiger partial charge in [-0.15, -0.1) is 0 Å². The minimum atomic E-state index is -0.146. The summed E-state index contributed by atoms with van der Waals surface area (Å²) in [5.41, 5.74) is 8.44. The minimum Gasteiger partial charge on any atom is -0.496 e. The van der Waals surface area contributed by atoms with Gasteiger partial charge < -0.3 is 20.2 Å². The number of methoxy groups -OCH3 is 1. The number of H-pyrrole nitrogens is 1. The first-order valence-electron chi connectivity index (χ1n) is 10.9. The van der Waals surface area contributed by atoms with Crippen LogP contribution in [0.4, 0.5) is 0 Å². The summed E-state index contributed by atoms with van der Waals surface area (Å²) in [5, 5.41) is 1.87. The average molecular weight is 441 g/mol. The molecule has 6 heteroatoms. The van der Waals surface area contributed by atoms with Gasteiger partial charge in [0.05, 0.1) is 18.2 Å². The van der Waals surface area contributed by atoms with Crippen LogP contribution in [0, 0.1) is 0 Å². The second kappa shape index (κ2) is 9.33. The van der Waals surface area contributed by atoms with Crippen molar-refractivity contribution in [1.29, 1.82) is 0 Å². The molecule has 1 aliphatic rings. The van der Waals surface area contributed by atoms with Gasteiger partial charge in [-0.05, 0) is 73.2 Å². The second-order valence-electron chi connectivity index (χ2n) is 8.28. The highest BCUT2D eigenvalue weighted by atomic mass is 35.5. The molecular weight excluding hydrogens is 412 g/mol. The molecule has 5 nitrogen and oxygen atoms in total. The van der Waals surface area contributed by atoms with Crippen LogP contribution in [0.3, 0.4) is 0 Å². The molecule has 0 aliphatic heterocycles. The van der Waals surface area contributed by atoms with Crippen molar-refractivity contribution in [3.63, 3.8) is 0 Å². The van der Waals surface area contributed by atoms with Gasteiger partial charge in [-0.1, -0.05) is 30.7 Å². The predicted molar refractivity (Wildman–Crippen MR) is 125 cm³/mol. The van der Waals surface area contributed by atoms with E-state index in [0.29, 0.717) is 22.1 Å². The van der Waals surface area contributed by atoms with Crippen LogP contribution in [0.25, 0.3) is 10.8 Å². The molecule has 1 heterocycles. The zero-order chi connectivity index (χ0) is 22.0. The molecule has 1 fully saturated rings. The third-order valence-corrected chi connectivity index (χ3v) is 6.66. The van der Waals surface area contributed by atoms with Crippen molar-refractivity contribution < 1.29 is 9.47 Å². The van der Waals surface area contributed by atoms with E-state index in [2.05, 4.69) is 30.1 Å². The minimum absolute atomic E-state index is 0.00424. The Morgan fingerprint density at radius 2 is 1.90 bits per heavy atom. The first-order valence-corrected chi connectivity index (χ1v) is 11.3. The molecule has 2 aromatic carbocycles. The summed E-state index contributed by atoms with van der Waals surface area (Å²) in [4.78, 5) is 14.6. The maximum Gasteiger partial charge on any atom is 0.255 e. The molecule has 3 aromatic rings. The molecular formula is C25H29ClN2O3. The molecule has 0 amide bonds. The van der Waals surface area contributed by atoms with Gasteiger partial charge in [-0.2, -0.15) is 0 Å². The lowest BCUT2D eigenvalue weighted by Gasteiger charge is -2.30. The lowest BCUT2D eigenvalue weighted by atomic mass is 9.82. The molecule has 1 atom stereocenters. The highest BCUT2D eigenvalue weighted by molar-refractivity contribution is 6.32. The Hall–Kier alpha value is -2.50. The van der Waals surface area contributed by atoms with Crippen molar-refractivity contribution in [2.45, 2.75) is 57.1 Å². The summed E-state index contributed by atoms with van der Waals surface area (Å²) in [7, 11) is 1.71. The van der Waals surface area contributed by atoms with Crippen molar-refractivity contribution in [2.75, 3.05) is 7.11 Å². The fourth-order valence-corrected chi connectivity index (χ4v) is 4.69. The standard InChI is InChI=1S/C25H29ClN2O3/c1-3-22(27)19-9-6-16(12-23(19)30-2)15-4-7-18(8-5-15)31-24-13-17-10-11-28-25(29)20(17)14-21(24)26/h6,9-15,18,22H,3-5,7-8,27H2,1-2H3,(H,28,29). The maximum atomic E-state index is 12.0. The number of pyridine rings is 1. The van der Waals surface area contributed by atoms with Crippen molar-refractivity contribution in [3.8, 4) is 11.5 Å². The van der Waals surface area contributed by atoms with Crippen LogP contribution in [0.1, 0.15) is 62.1 Å². The van der Waals surface area contributed by atoms with Crippen molar-refractivity contribution >= 4 is 22.4 Å². The van der Waals surface area contributed by atoms with Gasteiger partial charge >= 0.3 is 0 Å². The molecule has 3 N–H and O–H groups in total. The molecule has 1 saturated carbocycles. The molecule has 4 rings (SSSR count). The number of benzene rings is 2. The Bertz CT molecular complexity index is 1120. The Labute approximate surface area is 187 Å². The van der Waals surface area contributed by atoms with Crippen LogP contribution in [0.2, 0.25) is 5.02 Å². The molecule has 0 radical (unpaired) electrons. The van der Waals surface area contributed by atoms with E-state index in [-0.39, 0.29) is 17.7 Å². The number of aromatic amines is 1. The molecule has 0 saturated heterocycles.